The highest BCUT2D eigenvalue weighted by Gasteiger charge is 2.29. The second kappa shape index (κ2) is 5.72. The summed E-state index contributed by atoms with van der Waals surface area (Å²) < 4.78 is 5.52. The Kier molecular flexibility index (Phi) is 3.42. The van der Waals surface area contributed by atoms with E-state index in [1.165, 1.54) is 0 Å². The van der Waals surface area contributed by atoms with Crippen LogP contribution in [0.5, 0.6) is 0 Å². The van der Waals surface area contributed by atoms with Crippen molar-refractivity contribution in [1.82, 2.24) is 20.5 Å². The van der Waals surface area contributed by atoms with Gasteiger partial charge in [0.15, 0.2) is 0 Å². The van der Waals surface area contributed by atoms with E-state index in [0.717, 1.165) is 24.1 Å². The lowest BCUT2D eigenvalue weighted by atomic mass is 10.2. The Morgan fingerprint density at radius 3 is 2.78 bits per heavy atom. The van der Waals surface area contributed by atoms with Crippen LogP contribution in [0.3, 0.4) is 0 Å². The highest BCUT2D eigenvalue weighted by Crippen LogP contribution is 2.38. The predicted octanol–water partition coefficient (Wildman–Crippen LogP) is 2.87. The molecule has 1 aromatic carbocycles. The van der Waals surface area contributed by atoms with E-state index in [9.17, 15) is 4.79 Å². The van der Waals surface area contributed by atoms with Crippen molar-refractivity contribution in [2.75, 3.05) is 0 Å². The average molecular weight is 308 g/mol. The second-order valence-electron chi connectivity index (χ2n) is 5.64. The number of benzene rings is 1. The topological polar surface area (TPSA) is 83.8 Å². The molecule has 0 atom stereocenters. The number of amides is 1. The summed E-state index contributed by atoms with van der Waals surface area (Å²) in [6.07, 6.45) is 2.22. The molecule has 0 radical (unpaired) electrons. The molecule has 0 spiro atoms. The van der Waals surface area contributed by atoms with Crippen LogP contribution in [0.1, 0.15) is 41.0 Å². The molecule has 6 nitrogen and oxygen atoms in total. The van der Waals surface area contributed by atoms with Crippen molar-refractivity contribution < 1.29 is 9.21 Å². The minimum atomic E-state index is -0.196. The van der Waals surface area contributed by atoms with Gasteiger partial charge in [-0.3, -0.25) is 4.79 Å². The van der Waals surface area contributed by atoms with E-state index >= 15 is 0 Å². The van der Waals surface area contributed by atoms with Gasteiger partial charge in [-0.15, -0.1) is 10.2 Å². The van der Waals surface area contributed by atoms with Crippen molar-refractivity contribution in [3.8, 4) is 11.3 Å². The third-order valence-electron chi connectivity index (χ3n) is 3.82. The zero-order valence-corrected chi connectivity index (χ0v) is 12.5. The van der Waals surface area contributed by atoms with Gasteiger partial charge < -0.3 is 14.7 Å². The molecule has 0 saturated heterocycles. The Labute approximate surface area is 132 Å². The normalized spacial score (nSPS) is 13.9. The Balaban J connectivity index is 1.39. The van der Waals surface area contributed by atoms with Crippen molar-refractivity contribution in [2.45, 2.75) is 25.3 Å². The van der Waals surface area contributed by atoms with Gasteiger partial charge in [0.1, 0.15) is 5.69 Å². The van der Waals surface area contributed by atoms with Crippen LogP contribution >= 0.6 is 0 Å². The van der Waals surface area contributed by atoms with Gasteiger partial charge in [-0.25, -0.2) is 0 Å². The smallest absolute Gasteiger partial charge is 0.268 e. The Morgan fingerprint density at radius 2 is 2.00 bits per heavy atom. The molecule has 3 aromatic rings. The molecule has 1 amide bonds. The fourth-order valence-corrected chi connectivity index (χ4v) is 2.40. The molecule has 2 N–H and O–H groups in total. The zero-order valence-electron chi connectivity index (χ0n) is 12.5. The summed E-state index contributed by atoms with van der Waals surface area (Å²) in [5, 5.41) is 10.7. The van der Waals surface area contributed by atoms with Crippen LogP contribution in [0.15, 0.2) is 46.9 Å². The molecule has 1 saturated carbocycles. The van der Waals surface area contributed by atoms with Crippen molar-refractivity contribution in [3.63, 3.8) is 0 Å². The lowest BCUT2D eigenvalue weighted by Crippen LogP contribution is -2.23. The third kappa shape index (κ3) is 3.01. The van der Waals surface area contributed by atoms with Crippen LogP contribution in [-0.2, 0) is 6.54 Å². The average Bonchev–Trinajstić information content (AvgIpc) is 3.14. The standard InChI is InChI=1S/C17H16N4O2/c22-16(18-10-15-20-21-17(23-15)12-6-7-12)14-9-8-13(19-14)11-4-2-1-3-5-11/h1-5,8-9,12,19H,6-7,10H2,(H,18,22). The van der Waals surface area contributed by atoms with E-state index in [4.69, 9.17) is 4.42 Å². The first-order valence-corrected chi connectivity index (χ1v) is 7.64. The maximum atomic E-state index is 12.2. The number of carbonyl (C=O) groups excluding carboxylic acids is 1. The lowest BCUT2D eigenvalue weighted by molar-refractivity contribution is 0.0942. The lowest BCUT2D eigenvalue weighted by Gasteiger charge is -2.00. The number of hydrogen-bond donors (Lipinski definition) is 2. The fourth-order valence-electron chi connectivity index (χ4n) is 2.40. The van der Waals surface area contributed by atoms with Gasteiger partial charge in [-0.1, -0.05) is 30.3 Å². The van der Waals surface area contributed by atoms with Gasteiger partial charge in [0.05, 0.1) is 6.54 Å². The fraction of sp³-hybridized carbons (Fsp3) is 0.235. The molecule has 1 aliphatic rings. The summed E-state index contributed by atoms with van der Waals surface area (Å²) in [4.78, 5) is 15.3. The molecular weight excluding hydrogens is 292 g/mol. The zero-order chi connectivity index (χ0) is 15.6. The largest absolute Gasteiger partial charge is 0.423 e. The van der Waals surface area contributed by atoms with Crippen LogP contribution in [0.4, 0.5) is 0 Å². The maximum absolute atomic E-state index is 12.2. The van der Waals surface area contributed by atoms with Crippen molar-refractivity contribution in [3.05, 3.63) is 59.9 Å². The summed E-state index contributed by atoms with van der Waals surface area (Å²) in [6, 6.07) is 13.5. The highest BCUT2D eigenvalue weighted by atomic mass is 16.4. The summed E-state index contributed by atoms with van der Waals surface area (Å²) >= 11 is 0. The Morgan fingerprint density at radius 1 is 1.17 bits per heavy atom. The Bertz CT molecular complexity index is 818. The molecule has 0 bridgehead atoms. The van der Waals surface area contributed by atoms with Gasteiger partial charge in [-0.05, 0) is 30.5 Å². The SMILES string of the molecule is O=C(NCc1nnc(C2CC2)o1)c1ccc(-c2ccccc2)[nH]1. The number of hydrogen-bond acceptors (Lipinski definition) is 4. The van der Waals surface area contributed by atoms with E-state index in [1.807, 2.05) is 36.4 Å². The molecule has 116 valence electrons. The number of aromatic amines is 1. The number of carbonyl (C=O) groups is 1. The molecule has 6 heteroatoms. The molecule has 1 fully saturated rings. The van der Waals surface area contributed by atoms with Crippen LogP contribution in [-0.4, -0.2) is 21.1 Å². The van der Waals surface area contributed by atoms with E-state index in [0.29, 0.717) is 23.4 Å². The van der Waals surface area contributed by atoms with Crippen LogP contribution in [0, 0.1) is 0 Å². The predicted molar refractivity (Wildman–Crippen MR) is 83.7 cm³/mol. The number of H-pyrrole nitrogens is 1. The van der Waals surface area contributed by atoms with E-state index in [1.54, 1.807) is 6.07 Å². The quantitative estimate of drug-likeness (QED) is 0.759. The van der Waals surface area contributed by atoms with Gasteiger partial charge >= 0.3 is 0 Å². The molecule has 23 heavy (non-hydrogen) atoms. The monoisotopic (exact) mass is 308 g/mol. The molecule has 2 aromatic heterocycles. The first-order chi connectivity index (χ1) is 11.3. The van der Waals surface area contributed by atoms with Gasteiger partial charge in [0.25, 0.3) is 5.91 Å². The summed E-state index contributed by atoms with van der Waals surface area (Å²) in [6.45, 7) is 0.234. The second-order valence-corrected chi connectivity index (χ2v) is 5.64. The highest BCUT2D eigenvalue weighted by molar-refractivity contribution is 5.93. The molecule has 0 unspecified atom stereocenters. The van der Waals surface area contributed by atoms with Crippen molar-refractivity contribution >= 4 is 5.91 Å². The molecule has 1 aliphatic carbocycles. The molecular formula is C17H16N4O2. The van der Waals surface area contributed by atoms with Gasteiger partial charge in [0.2, 0.25) is 11.8 Å². The summed E-state index contributed by atoms with van der Waals surface area (Å²) in [5.74, 6) is 1.35. The van der Waals surface area contributed by atoms with E-state index in [-0.39, 0.29) is 12.5 Å². The van der Waals surface area contributed by atoms with Crippen LogP contribution in [0.2, 0.25) is 0 Å². The molecule has 2 heterocycles. The van der Waals surface area contributed by atoms with E-state index in [2.05, 4.69) is 20.5 Å². The maximum Gasteiger partial charge on any atom is 0.268 e. The number of aromatic nitrogens is 3. The molecule has 0 aliphatic heterocycles. The first kappa shape index (κ1) is 13.8. The summed E-state index contributed by atoms with van der Waals surface area (Å²) in [5.41, 5.74) is 2.45. The first-order valence-electron chi connectivity index (χ1n) is 7.64. The van der Waals surface area contributed by atoms with Gasteiger partial charge in [-0.2, -0.15) is 0 Å². The molecule has 4 rings (SSSR count). The Hall–Kier alpha value is -2.89. The summed E-state index contributed by atoms with van der Waals surface area (Å²) in [7, 11) is 0. The number of nitrogens with one attached hydrogen (secondary N) is 2. The minimum Gasteiger partial charge on any atom is -0.423 e. The van der Waals surface area contributed by atoms with E-state index < -0.39 is 0 Å². The van der Waals surface area contributed by atoms with Crippen LogP contribution in [0.25, 0.3) is 11.3 Å². The van der Waals surface area contributed by atoms with Crippen molar-refractivity contribution in [2.24, 2.45) is 0 Å². The van der Waals surface area contributed by atoms with Crippen LogP contribution < -0.4 is 5.32 Å². The third-order valence-corrected chi connectivity index (χ3v) is 3.82. The van der Waals surface area contributed by atoms with Crippen molar-refractivity contribution in [1.29, 1.82) is 0 Å². The van der Waals surface area contributed by atoms with Gasteiger partial charge in [0, 0.05) is 11.6 Å². The number of rotatable bonds is 5. The minimum absolute atomic E-state index is 0.196. The number of nitrogens with zero attached hydrogens (tertiary/aromatic N) is 2.